The molecule has 0 radical (unpaired) electrons. The molecule has 0 spiro atoms. The Morgan fingerprint density at radius 3 is 2.87 bits per heavy atom. The van der Waals surface area contributed by atoms with E-state index in [1.165, 1.54) is 10.9 Å². The number of hydrogen-bond acceptors (Lipinski definition) is 3. The standard InChI is InChI=1S/C17H14ClN3O2/c18-13-6-5-10(9-15(13)21(22)23)16-17-12(7-8-19-16)11-3-1-2-4-14(11)20-17/h1-6,9,16,19-20H,7-8H2/t16-/m1/s1. The summed E-state index contributed by atoms with van der Waals surface area (Å²) >= 11 is 5.92. The van der Waals surface area contributed by atoms with Crippen molar-refractivity contribution in [2.75, 3.05) is 6.54 Å². The molecule has 1 atom stereocenters. The molecule has 0 saturated heterocycles. The van der Waals surface area contributed by atoms with E-state index in [2.05, 4.69) is 22.4 Å². The van der Waals surface area contributed by atoms with Gasteiger partial charge in [0.1, 0.15) is 5.02 Å². The van der Waals surface area contributed by atoms with Gasteiger partial charge in [0.05, 0.1) is 11.0 Å². The Hall–Kier alpha value is -2.37. The van der Waals surface area contributed by atoms with E-state index < -0.39 is 4.92 Å². The number of aromatic nitrogens is 1. The van der Waals surface area contributed by atoms with Crippen LogP contribution in [0.2, 0.25) is 5.02 Å². The zero-order chi connectivity index (χ0) is 16.0. The molecule has 1 aromatic heterocycles. The maximum Gasteiger partial charge on any atom is 0.288 e. The van der Waals surface area contributed by atoms with Gasteiger partial charge in [0.2, 0.25) is 0 Å². The molecule has 0 fully saturated rings. The zero-order valence-electron chi connectivity index (χ0n) is 12.2. The summed E-state index contributed by atoms with van der Waals surface area (Å²) in [6.07, 6.45) is 0.936. The number of para-hydroxylation sites is 1. The minimum absolute atomic E-state index is 0.0609. The third kappa shape index (κ3) is 2.29. The molecule has 0 unspecified atom stereocenters. The van der Waals surface area contributed by atoms with Crippen molar-refractivity contribution in [3.05, 3.63) is 74.4 Å². The van der Waals surface area contributed by atoms with Crippen LogP contribution in [-0.4, -0.2) is 16.5 Å². The maximum absolute atomic E-state index is 11.1. The third-order valence-corrected chi connectivity index (χ3v) is 4.68. The van der Waals surface area contributed by atoms with Gasteiger partial charge in [-0.05, 0) is 29.7 Å². The predicted octanol–water partition coefficient (Wildman–Crippen LogP) is 3.96. The molecule has 0 aliphatic carbocycles. The molecule has 5 nitrogen and oxygen atoms in total. The van der Waals surface area contributed by atoms with Gasteiger partial charge in [-0.25, -0.2) is 0 Å². The SMILES string of the molecule is O=[N+]([O-])c1cc([C@H]2NCCc3c2[nH]c2ccccc32)ccc1Cl. The number of aromatic amines is 1. The van der Waals surface area contributed by atoms with Crippen LogP contribution in [0.1, 0.15) is 22.9 Å². The van der Waals surface area contributed by atoms with E-state index in [9.17, 15) is 10.1 Å². The van der Waals surface area contributed by atoms with Crippen LogP contribution in [0.4, 0.5) is 5.69 Å². The first-order valence-electron chi connectivity index (χ1n) is 7.42. The lowest BCUT2D eigenvalue weighted by Crippen LogP contribution is -2.30. The van der Waals surface area contributed by atoms with Gasteiger partial charge in [-0.3, -0.25) is 10.1 Å². The number of hydrogen-bond donors (Lipinski definition) is 2. The maximum atomic E-state index is 11.1. The molecule has 0 amide bonds. The molecule has 4 rings (SSSR count). The average Bonchev–Trinajstić information content (AvgIpc) is 2.94. The molecular formula is C17H14ClN3O2. The van der Waals surface area contributed by atoms with E-state index >= 15 is 0 Å². The van der Waals surface area contributed by atoms with E-state index in [-0.39, 0.29) is 16.8 Å². The summed E-state index contributed by atoms with van der Waals surface area (Å²) in [7, 11) is 0. The second-order valence-corrected chi connectivity index (χ2v) is 6.08. The Bertz CT molecular complexity index is 919. The molecule has 2 heterocycles. The van der Waals surface area contributed by atoms with E-state index in [1.807, 2.05) is 18.2 Å². The molecule has 6 heteroatoms. The van der Waals surface area contributed by atoms with Crippen molar-refractivity contribution >= 4 is 28.2 Å². The highest BCUT2D eigenvalue weighted by atomic mass is 35.5. The van der Waals surface area contributed by atoms with E-state index in [1.54, 1.807) is 12.1 Å². The summed E-state index contributed by atoms with van der Waals surface area (Å²) in [5.41, 5.74) is 4.23. The second kappa shape index (κ2) is 5.37. The lowest BCUT2D eigenvalue weighted by molar-refractivity contribution is -0.384. The summed E-state index contributed by atoms with van der Waals surface area (Å²) in [5, 5.41) is 16.0. The Kier molecular flexibility index (Phi) is 3.32. The first-order valence-corrected chi connectivity index (χ1v) is 7.79. The summed E-state index contributed by atoms with van der Waals surface area (Å²) in [6, 6.07) is 13.1. The van der Waals surface area contributed by atoms with Crippen LogP contribution in [0.3, 0.4) is 0 Å². The van der Waals surface area contributed by atoms with Crippen LogP contribution in [0.5, 0.6) is 0 Å². The zero-order valence-corrected chi connectivity index (χ0v) is 12.9. The molecule has 3 aromatic rings. The smallest absolute Gasteiger partial charge is 0.288 e. The van der Waals surface area contributed by atoms with Crippen LogP contribution >= 0.6 is 11.6 Å². The number of benzene rings is 2. The quantitative estimate of drug-likeness (QED) is 0.552. The van der Waals surface area contributed by atoms with Gasteiger partial charge < -0.3 is 10.3 Å². The molecule has 1 aliphatic rings. The summed E-state index contributed by atoms with van der Waals surface area (Å²) in [6.45, 7) is 0.829. The van der Waals surface area contributed by atoms with Crippen LogP contribution in [0.15, 0.2) is 42.5 Å². The number of halogens is 1. The van der Waals surface area contributed by atoms with Crippen LogP contribution in [-0.2, 0) is 6.42 Å². The normalized spacial score (nSPS) is 17.2. The minimum atomic E-state index is -0.444. The molecule has 0 saturated carbocycles. The number of fused-ring (bicyclic) bond motifs is 3. The number of nitro groups is 1. The lowest BCUT2D eigenvalue weighted by atomic mass is 9.94. The average molecular weight is 328 g/mol. The first-order chi connectivity index (χ1) is 11.1. The molecule has 1 aliphatic heterocycles. The highest BCUT2D eigenvalue weighted by Gasteiger charge is 2.26. The highest BCUT2D eigenvalue weighted by Crippen LogP contribution is 2.35. The minimum Gasteiger partial charge on any atom is -0.357 e. The topological polar surface area (TPSA) is 71.0 Å². The number of rotatable bonds is 2. The van der Waals surface area contributed by atoms with Gasteiger partial charge in [-0.1, -0.05) is 35.9 Å². The predicted molar refractivity (Wildman–Crippen MR) is 90.0 cm³/mol. The summed E-state index contributed by atoms with van der Waals surface area (Å²) in [5.74, 6) is 0. The number of nitrogens with zero attached hydrogens (tertiary/aromatic N) is 1. The monoisotopic (exact) mass is 327 g/mol. The van der Waals surface area contributed by atoms with Crippen LogP contribution in [0, 0.1) is 10.1 Å². The van der Waals surface area contributed by atoms with Crippen molar-refractivity contribution in [2.45, 2.75) is 12.5 Å². The Balaban J connectivity index is 1.86. The first kappa shape index (κ1) is 14.2. The molecule has 23 heavy (non-hydrogen) atoms. The van der Waals surface area contributed by atoms with Gasteiger partial charge in [0, 0.05) is 29.2 Å². The molecule has 2 N–H and O–H groups in total. The van der Waals surface area contributed by atoms with E-state index in [4.69, 9.17) is 11.6 Å². The lowest BCUT2D eigenvalue weighted by Gasteiger charge is -2.24. The number of H-pyrrole nitrogens is 1. The Morgan fingerprint density at radius 1 is 1.22 bits per heavy atom. The molecule has 116 valence electrons. The fourth-order valence-electron chi connectivity index (χ4n) is 3.31. The summed E-state index contributed by atoms with van der Waals surface area (Å²) in [4.78, 5) is 14.2. The highest BCUT2D eigenvalue weighted by molar-refractivity contribution is 6.32. The molecule has 0 bridgehead atoms. The second-order valence-electron chi connectivity index (χ2n) is 5.67. The Labute approximate surface area is 137 Å². The molecular weight excluding hydrogens is 314 g/mol. The fourth-order valence-corrected chi connectivity index (χ4v) is 3.50. The molecule has 2 aromatic carbocycles. The van der Waals surface area contributed by atoms with Crippen molar-refractivity contribution in [3.8, 4) is 0 Å². The van der Waals surface area contributed by atoms with Crippen LogP contribution < -0.4 is 5.32 Å². The third-order valence-electron chi connectivity index (χ3n) is 4.36. The Morgan fingerprint density at radius 2 is 2.04 bits per heavy atom. The fraction of sp³-hybridized carbons (Fsp3) is 0.176. The van der Waals surface area contributed by atoms with Crippen LogP contribution in [0.25, 0.3) is 10.9 Å². The van der Waals surface area contributed by atoms with Crippen molar-refractivity contribution in [2.24, 2.45) is 0 Å². The van der Waals surface area contributed by atoms with Crippen molar-refractivity contribution in [1.29, 1.82) is 0 Å². The van der Waals surface area contributed by atoms with Gasteiger partial charge in [0.25, 0.3) is 5.69 Å². The summed E-state index contributed by atoms with van der Waals surface area (Å²) < 4.78 is 0. The number of nitro benzene ring substituents is 1. The van der Waals surface area contributed by atoms with Gasteiger partial charge >= 0.3 is 0 Å². The van der Waals surface area contributed by atoms with Crippen molar-refractivity contribution < 1.29 is 4.92 Å². The van der Waals surface area contributed by atoms with Gasteiger partial charge in [-0.2, -0.15) is 0 Å². The van der Waals surface area contributed by atoms with Crippen molar-refractivity contribution in [3.63, 3.8) is 0 Å². The van der Waals surface area contributed by atoms with E-state index in [0.29, 0.717) is 0 Å². The van der Waals surface area contributed by atoms with Gasteiger partial charge in [-0.15, -0.1) is 0 Å². The van der Waals surface area contributed by atoms with Gasteiger partial charge in [0.15, 0.2) is 0 Å². The number of nitrogens with one attached hydrogen (secondary N) is 2. The van der Waals surface area contributed by atoms with E-state index in [0.717, 1.165) is 29.7 Å². The largest absolute Gasteiger partial charge is 0.357 e. The van der Waals surface area contributed by atoms with Crippen molar-refractivity contribution in [1.82, 2.24) is 10.3 Å².